The van der Waals surface area contributed by atoms with E-state index in [4.69, 9.17) is 4.84 Å². The first-order valence-corrected chi connectivity index (χ1v) is 7.53. The third-order valence-corrected chi connectivity index (χ3v) is 3.82. The Hall–Kier alpha value is -2.76. The summed E-state index contributed by atoms with van der Waals surface area (Å²) in [6.45, 7) is 0.259. The number of hydrogen-bond donors (Lipinski definition) is 0. The van der Waals surface area contributed by atoms with Crippen molar-refractivity contribution in [1.29, 1.82) is 0 Å². The van der Waals surface area contributed by atoms with Gasteiger partial charge in [0.05, 0.1) is 17.8 Å². The van der Waals surface area contributed by atoms with Gasteiger partial charge in [0.25, 0.3) is 5.91 Å². The molecule has 0 N–H and O–H groups in total. The molecule has 0 saturated heterocycles. The Morgan fingerprint density at radius 3 is 2.79 bits per heavy atom. The van der Waals surface area contributed by atoms with Crippen LogP contribution in [0.3, 0.4) is 0 Å². The summed E-state index contributed by atoms with van der Waals surface area (Å²) >= 11 is 0. The van der Waals surface area contributed by atoms with Crippen molar-refractivity contribution in [3.8, 4) is 0 Å². The molecule has 0 saturated carbocycles. The summed E-state index contributed by atoms with van der Waals surface area (Å²) in [4.78, 5) is 19.0. The van der Waals surface area contributed by atoms with Crippen molar-refractivity contribution in [2.45, 2.75) is 12.5 Å². The fourth-order valence-corrected chi connectivity index (χ4v) is 2.59. The lowest BCUT2D eigenvalue weighted by molar-refractivity contribution is 0.0479. The maximum Gasteiger partial charge on any atom is 0.256 e. The van der Waals surface area contributed by atoms with Crippen molar-refractivity contribution in [2.75, 3.05) is 13.6 Å². The van der Waals surface area contributed by atoms with E-state index in [2.05, 4.69) is 5.16 Å². The van der Waals surface area contributed by atoms with Crippen LogP contribution in [0.4, 0.5) is 8.78 Å². The van der Waals surface area contributed by atoms with E-state index in [1.165, 1.54) is 35.2 Å². The smallest absolute Gasteiger partial charge is 0.256 e. The molecule has 0 fully saturated rings. The number of hydrogen-bond acceptors (Lipinski definition) is 3. The lowest BCUT2D eigenvalue weighted by atomic mass is 10.0. The van der Waals surface area contributed by atoms with E-state index < -0.39 is 11.7 Å². The first kappa shape index (κ1) is 16.1. The van der Waals surface area contributed by atoms with Crippen molar-refractivity contribution in [3.05, 3.63) is 71.3 Å². The summed E-state index contributed by atoms with van der Waals surface area (Å²) in [5.41, 5.74) is 1.30. The summed E-state index contributed by atoms with van der Waals surface area (Å²) < 4.78 is 27.0. The Balaban J connectivity index is 1.62. The second-order valence-corrected chi connectivity index (χ2v) is 5.65. The lowest BCUT2D eigenvalue weighted by Crippen LogP contribution is -2.35. The molecule has 0 radical (unpaired) electrons. The molecule has 0 spiro atoms. The molecule has 0 aliphatic carbocycles. The van der Waals surface area contributed by atoms with Crippen LogP contribution in [0.5, 0.6) is 0 Å². The summed E-state index contributed by atoms with van der Waals surface area (Å²) in [6.07, 6.45) is 0.113. The SMILES string of the molecule is CN(C[C@H]1CC(c2cccc(F)c2)=NO1)C(=O)c1ccccc1F. The van der Waals surface area contributed by atoms with Gasteiger partial charge in [0, 0.05) is 19.0 Å². The molecule has 0 bridgehead atoms. The third-order valence-electron chi connectivity index (χ3n) is 3.82. The van der Waals surface area contributed by atoms with Crippen molar-refractivity contribution in [3.63, 3.8) is 0 Å². The normalized spacial score (nSPS) is 16.5. The molecule has 1 aliphatic heterocycles. The summed E-state index contributed by atoms with van der Waals surface area (Å²) in [6, 6.07) is 11.9. The zero-order chi connectivity index (χ0) is 17.1. The van der Waals surface area contributed by atoms with E-state index in [1.807, 2.05) is 0 Å². The van der Waals surface area contributed by atoms with Crippen LogP contribution < -0.4 is 0 Å². The van der Waals surface area contributed by atoms with E-state index in [0.29, 0.717) is 17.7 Å². The first-order valence-electron chi connectivity index (χ1n) is 7.53. The molecule has 0 aromatic heterocycles. The summed E-state index contributed by atoms with van der Waals surface area (Å²) in [7, 11) is 1.58. The van der Waals surface area contributed by atoms with Crippen LogP contribution in [0.25, 0.3) is 0 Å². The van der Waals surface area contributed by atoms with Gasteiger partial charge in [0.2, 0.25) is 0 Å². The number of oxime groups is 1. The highest BCUT2D eigenvalue weighted by atomic mass is 19.1. The van der Waals surface area contributed by atoms with Crippen LogP contribution in [0.1, 0.15) is 22.3 Å². The van der Waals surface area contributed by atoms with E-state index in [0.717, 1.165) is 0 Å². The molecule has 1 atom stereocenters. The largest absolute Gasteiger partial charge is 0.390 e. The molecule has 0 unspecified atom stereocenters. The number of amides is 1. The van der Waals surface area contributed by atoms with Gasteiger partial charge >= 0.3 is 0 Å². The van der Waals surface area contributed by atoms with Gasteiger partial charge in [-0.1, -0.05) is 29.4 Å². The van der Waals surface area contributed by atoms with Gasteiger partial charge < -0.3 is 9.74 Å². The first-order chi connectivity index (χ1) is 11.5. The zero-order valence-electron chi connectivity index (χ0n) is 13.1. The quantitative estimate of drug-likeness (QED) is 0.864. The molecule has 1 heterocycles. The van der Waals surface area contributed by atoms with E-state index in [9.17, 15) is 13.6 Å². The molecule has 3 rings (SSSR count). The maximum atomic E-state index is 13.7. The van der Waals surface area contributed by atoms with Crippen molar-refractivity contribution >= 4 is 11.6 Å². The standard InChI is InChI=1S/C18H16F2N2O2/c1-22(18(23)15-7-2-3-8-16(15)20)11-14-10-17(21-24-14)12-5-4-6-13(19)9-12/h2-9,14H,10-11H2,1H3/t14-/m1/s1. The Bertz CT molecular complexity index is 792. The number of carbonyl (C=O) groups is 1. The average molecular weight is 330 g/mol. The van der Waals surface area contributed by atoms with Gasteiger partial charge in [-0.15, -0.1) is 0 Å². The number of carbonyl (C=O) groups excluding carboxylic acids is 1. The van der Waals surface area contributed by atoms with Crippen molar-refractivity contribution in [1.82, 2.24) is 4.90 Å². The van der Waals surface area contributed by atoms with Crippen molar-refractivity contribution in [2.24, 2.45) is 5.16 Å². The number of benzene rings is 2. The average Bonchev–Trinajstić information content (AvgIpc) is 3.03. The van der Waals surface area contributed by atoms with Crippen LogP contribution in [0, 0.1) is 11.6 Å². The zero-order valence-corrected chi connectivity index (χ0v) is 13.1. The number of halogens is 2. The Morgan fingerprint density at radius 2 is 2.04 bits per heavy atom. The fourth-order valence-electron chi connectivity index (χ4n) is 2.59. The van der Waals surface area contributed by atoms with Crippen LogP contribution in [0.2, 0.25) is 0 Å². The third kappa shape index (κ3) is 3.42. The van der Waals surface area contributed by atoms with Crippen LogP contribution in [-0.4, -0.2) is 36.2 Å². The van der Waals surface area contributed by atoms with E-state index >= 15 is 0 Å². The highest BCUT2D eigenvalue weighted by molar-refractivity contribution is 6.01. The molecule has 2 aromatic rings. The summed E-state index contributed by atoms with van der Waals surface area (Å²) in [5.74, 6) is -1.32. The molecule has 1 amide bonds. The topological polar surface area (TPSA) is 41.9 Å². The highest BCUT2D eigenvalue weighted by Crippen LogP contribution is 2.19. The number of rotatable bonds is 4. The van der Waals surface area contributed by atoms with Crippen LogP contribution in [0.15, 0.2) is 53.7 Å². The highest BCUT2D eigenvalue weighted by Gasteiger charge is 2.26. The Morgan fingerprint density at radius 1 is 1.25 bits per heavy atom. The van der Waals surface area contributed by atoms with Gasteiger partial charge in [0.1, 0.15) is 11.6 Å². The second-order valence-electron chi connectivity index (χ2n) is 5.65. The van der Waals surface area contributed by atoms with E-state index in [1.54, 1.807) is 25.2 Å². The van der Waals surface area contributed by atoms with Crippen molar-refractivity contribution < 1.29 is 18.4 Å². The van der Waals surface area contributed by atoms with E-state index in [-0.39, 0.29) is 24.0 Å². The lowest BCUT2D eigenvalue weighted by Gasteiger charge is -2.20. The molecule has 2 aromatic carbocycles. The second kappa shape index (κ2) is 6.78. The molecule has 1 aliphatic rings. The van der Waals surface area contributed by atoms with Gasteiger partial charge in [-0.05, 0) is 24.3 Å². The van der Waals surface area contributed by atoms with Crippen LogP contribution >= 0.6 is 0 Å². The number of nitrogens with zero attached hydrogens (tertiary/aromatic N) is 2. The molecular formula is C18H16F2N2O2. The molecule has 4 nitrogen and oxygen atoms in total. The minimum absolute atomic E-state index is 0.0178. The van der Waals surface area contributed by atoms with Gasteiger partial charge in [-0.3, -0.25) is 4.79 Å². The Labute approximate surface area is 138 Å². The maximum absolute atomic E-state index is 13.7. The molecular weight excluding hydrogens is 314 g/mol. The predicted molar refractivity (Wildman–Crippen MR) is 85.8 cm³/mol. The molecule has 124 valence electrons. The minimum Gasteiger partial charge on any atom is -0.390 e. The van der Waals surface area contributed by atoms with Gasteiger partial charge in [-0.25, -0.2) is 8.78 Å². The molecule has 6 heteroatoms. The monoisotopic (exact) mass is 330 g/mol. The summed E-state index contributed by atoms with van der Waals surface area (Å²) in [5, 5.41) is 3.97. The number of likely N-dealkylation sites (N-methyl/N-ethyl adjacent to an activating group) is 1. The predicted octanol–water partition coefficient (Wildman–Crippen LogP) is 3.23. The Kier molecular flexibility index (Phi) is 4.55. The van der Waals surface area contributed by atoms with Crippen LogP contribution in [-0.2, 0) is 4.84 Å². The van der Waals surface area contributed by atoms with Gasteiger partial charge in [-0.2, -0.15) is 0 Å². The minimum atomic E-state index is -0.557. The molecule has 24 heavy (non-hydrogen) atoms. The van der Waals surface area contributed by atoms with Gasteiger partial charge in [0.15, 0.2) is 6.10 Å². The fraction of sp³-hybridized carbons (Fsp3) is 0.222.